The van der Waals surface area contributed by atoms with E-state index < -0.39 is 0 Å². The molecule has 92 valence electrons. The summed E-state index contributed by atoms with van der Waals surface area (Å²) in [5.74, 6) is 0.799. The molecule has 2 aromatic heterocycles. The normalized spacial score (nSPS) is 10.5. The van der Waals surface area contributed by atoms with Gasteiger partial charge in [0.25, 0.3) is 0 Å². The molecule has 0 spiro atoms. The Kier molecular flexibility index (Phi) is 2.90. The van der Waals surface area contributed by atoms with Crippen molar-refractivity contribution in [3.63, 3.8) is 0 Å². The molecular weight excluding hydrogens is 260 g/mol. The Morgan fingerprint density at radius 1 is 1.21 bits per heavy atom. The third-order valence-corrected chi connectivity index (χ3v) is 3.28. The van der Waals surface area contributed by atoms with Crippen LogP contribution in [0, 0.1) is 11.3 Å². The van der Waals surface area contributed by atoms with E-state index in [2.05, 4.69) is 16.3 Å². The van der Waals surface area contributed by atoms with Crippen molar-refractivity contribution < 1.29 is 0 Å². The van der Waals surface area contributed by atoms with E-state index in [1.165, 1.54) is 0 Å². The molecule has 0 radical (unpaired) electrons. The summed E-state index contributed by atoms with van der Waals surface area (Å²) in [7, 11) is 0. The molecule has 2 heterocycles. The Morgan fingerprint density at radius 3 is 2.84 bits per heavy atom. The molecule has 0 atom stereocenters. The Balaban J connectivity index is 2.03. The highest BCUT2D eigenvalue weighted by Gasteiger charge is 2.08. The first-order chi connectivity index (χ1) is 9.28. The zero-order valence-corrected chi connectivity index (χ0v) is 10.7. The number of nitriles is 1. The molecule has 0 amide bonds. The number of benzene rings is 1. The third-order valence-electron chi connectivity index (χ3n) is 2.92. The van der Waals surface area contributed by atoms with Gasteiger partial charge in [-0.3, -0.25) is 4.40 Å². The molecule has 3 rings (SSSR count). The van der Waals surface area contributed by atoms with Crippen molar-refractivity contribution in [2.24, 2.45) is 0 Å². The summed E-state index contributed by atoms with van der Waals surface area (Å²) >= 11 is 6.14. The molecule has 19 heavy (non-hydrogen) atoms. The minimum Gasteiger partial charge on any atom is -0.286 e. The molecule has 4 nitrogen and oxygen atoms in total. The molecule has 0 saturated heterocycles. The van der Waals surface area contributed by atoms with Crippen molar-refractivity contribution in [2.75, 3.05) is 0 Å². The van der Waals surface area contributed by atoms with Gasteiger partial charge in [0.1, 0.15) is 5.82 Å². The lowest BCUT2D eigenvalue weighted by Crippen LogP contribution is -1.97. The second-order valence-electron chi connectivity index (χ2n) is 4.14. The van der Waals surface area contributed by atoms with Crippen LogP contribution in [0.5, 0.6) is 0 Å². The van der Waals surface area contributed by atoms with E-state index >= 15 is 0 Å². The molecule has 0 unspecified atom stereocenters. The molecule has 3 aromatic rings. The number of halogens is 1. The highest BCUT2D eigenvalue weighted by Crippen LogP contribution is 2.18. The van der Waals surface area contributed by atoms with Crippen LogP contribution in [0.2, 0.25) is 5.02 Å². The Bertz CT molecular complexity index is 785. The van der Waals surface area contributed by atoms with Crippen molar-refractivity contribution in [1.29, 1.82) is 5.26 Å². The van der Waals surface area contributed by atoms with Gasteiger partial charge in [0.15, 0.2) is 5.65 Å². The summed E-state index contributed by atoms with van der Waals surface area (Å²) in [5, 5.41) is 17.8. The minimum absolute atomic E-state index is 0.573. The molecule has 0 N–H and O–H groups in total. The summed E-state index contributed by atoms with van der Waals surface area (Å²) < 4.78 is 1.87. The quantitative estimate of drug-likeness (QED) is 0.718. The van der Waals surface area contributed by atoms with Crippen LogP contribution in [0.15, 0.2) is 42.6 Å². The van der Waals surface area contributed by atoms with Crippen LogP contribution < -0.4 is 0 Å². The van der Waals surface area contributed by atoms with E-state index in [4.69, 9.17) is 16.9 Å². The van der Waals surface area contributed by atoms with E-state index in [1.807, 2.05) is 28.7 Å². The van der Waals surface area contributed by atoms with Crippen LogP contribution in [0.3, 0.4) is 0 Å². The minimum atomic E-state index is 0.573. The molecule has 0 bridgehead atoms. The van der Waals surface area contributed by atoms with Gasteiger partial charge in [0.05, 0.1) is 11.6 Å². The summed E-state index contributed by atoms with van der Waals surface area (Å²) in [6.07, 6.45) is 2.41. The Hall–Kier alpha value is -2.38. The van der Waals surface area contributed by atoms with Gasteiger partial charge in [-0.1, -0.05) is 29.8 Å². The van der Waals surface area contributed by atoms with E-state index in [0.717, 1.165) is 11.4 Å². The van der Waals surface area contributed by atoms with E-state index in [9.17, 15) is 0 Å². The number of hydrogen-bond acceptors (Lipinski definition) is 3. The average Bonchev–Trinajstić information content (AvgIpc) is 2.83. The maximum Gasteiger partial charge on any atom is 0.162 e. The summed E-state index contributed by atoms with van der Waals surface area (Å²) in [5.41, 5.74) is 2.24. The number of pyridine rings is 1. The average molecular weight is 269 g/mol. The summed E-state index contributed by atoms with van der Waals surface area (Å²) in [4.78, 5) is 0. The molecule has 0 aliphatic heterocycles. The highest BCUT2D eigenvalue weighted by atomic mass is 35.5. The molecule has 5 heteroatoms. The lowest BCUT2D eigenvalue weighted by atomic mass is 10.1. The topological polar surface area (TPSA) is 54.0 Å². The van der Waals surface area contributed by atoms with Gasteiger partial charge >= 0.3 is 0 Å². The van der Waals surface area contributed by atoms with Crippen molar-refractivity contribution >= 4 is 17.2 Å². The Labute approximate surface area is 114 Å². The number of fused-ring (bicyclic) bond motifs is 1. The van der Waals surface area contributed by atoms with Gasteiger partial charge in [-0.15, -0.1) is 10.2 Å². The number of aromatic nitrogens is 3. The molecular formula is C14H9ClN4. The second kappa shape index (κ2) is 4.71. The van der Waals surface area contributed by atoms with Crippen LogP contribution >= 0.6 is 11.6 Å². The molecule has 0 saturated carbocycles. The van der Waals surface area contributed by atoms with Gasteiger partial charge in [-0.25, -0.2) is 0 Å². The molecule has 0 aliphatic rings. The standard InChI is InChI=1S/C14H9ClN4/c15-12-4-2-1-3-11(12)8-14-18-17-13-7-10(9-16)5-6-19(13)14/h1-7H,8H2. The van der Waals surface area contributed by atoms with E-state index in [0.29, 0.717) is 22.7 Å². The van der Waals surface area contributed by atoms with Gasteiger partial charge in [-0.2, -0.15) is 5.26 Å². The molecule has 0 fully saturated rings. The molecule has 1 aromatic carbocycles. The number of nitrogens with zero attached hydrogens (tertiary/aromatic N) is 4. The highest BCUT2D eigenvalue weighted by molar-refractivity contribution is 6.31. The first-order valence-electron chi connectivity index (χ1n) is 5.75. The van der Waals surface area contributed by atoms with Crippen LogP contribution in [-0.4, -0.2) is 14.6 Å². The molecule has 0 aliphatic carbocycles. The first-order valence-corrected chi connectivity index (χ1v) is 6.13. The van der Waals surface area contributed by atoms with Crippen molar-refractivity contribution in [2.45, 2.75) is 6.42 Å². The van der Waals surface area contributed by atoms with Crippen LogP contribution in [0.25, 0.3) is 5.65 Å². The number of hydrogen-bond donors (Lipinski definition) is 0. The summed E-state index contributed by atoms with van der Waals surface area (Å²) in [6.45, 7) is 0. The maximum atomic E-state index is 8.85. The fourth-order valence-corrected chi connectivity index (χ4v) is 2.15. The largest absolute Gasteiger partial charge is 0.286 e. The summed E-state index contributed by atoms with van der Waals surface area (Å²) in [6, 6.07) is 13.2. The SMILES string of the molecule is N#Cc1ccn2c(Cc3ccccc3Cl)nnc2c1. The van der Waals surface area contributed by atoms with Gasteiger partial charge in [0.2, 0.25) is 0 Å². The maximum absolute atomic E-state index is 8.85. The van der Waals surface area contributed by atoms with Gasteiger partial charge < -0.3 is 0 Å². The van der Waals surface area contributed by atoms with E-state index in [1.54, 1.807) is 18.3 Å². The third kappa shape index (κ3) is 2.16. The predicted molar refractivity (Wildman–Crippen MR) is 72.0 cm³/mol. The zero-order chi connectivity index (χ0) is 13.2. The van der Waals surface area contributed by atoms with E-state index in [-0.39, 0.29) is 0 Å². The van der Waals surface area contributed by atoms with Gasteiger partial charge in [0, 0.05) is 23.7 Å². The fourth-order valence-electron chi connectivity index (χ4n) is 1.94. The smallest absolute Gasteiger partial charge is 0.162 e. The lowest BCUT2D eigenvalue weighted by molar-refractivity contribution is 0.934. The zero-order valence-electron chi connectivity index (χ0n) is 9.92. The lowest BCUT2D eigenvalue weighted by Gasteiger charge is -2.02. The fraction of sp³-hybridized carbons (Fsp3) is 0.0714. The van der Waals surface area contributed by atoms with Crippen molar-refractivity contribution in [1.82, 2.24) is 14.6 Å². The van der Waals surface area contributed by atoms with Crippen molar-refractivity contribution in [3.05, 3.63) is 64.6 Å². The predicted octanol–water partition coefficient (Wildman–Crippen LogP) is 2.85. The van der Waals surface area contributed by atoms with Crippen molar-refractivity contribution in [3.8, 4) is 6.07 Å². The van der Waals surface area contributed by atoms with Gasteiger partial charge in [-0.05, 0) is 17.7 Å². The Morgan fingerprint density at radius 2 is 2.05 bits per heavy atom. The van der Waals surface area contributed by atoms with Crippen LogP contribution in [0.1, 0.15) is 17.0 Å². The van der Waals surface area contributed by atoms with Crippen LogP contribution in [0.4, 0.5) is 0 Å². The second-order valence-corrected chi connectivity index (χ2v) is 4.55. The monoisotopic (exact) mass is 268 g/mol. The number of rotatable bonds is 2. The van der Waals surface area contributed by atoms with Crippen LogP contribution in [-0.2, 0) is 6.42 Å². The first kappa shape index (κ1) is 11.7.